The van der Waals surface area contributed by atoms with Gasteiger partial charge in [-0.25, -0.2) is 0 Å². The second kappa shape index (κ2) is 11.0. The Morgan fingerprint density at radius 1 is 1.00 bits per heavy atom. The van der Waals surface area contributed by atoms with E-state index in [1.165, 1.54) is 11.8 Å². The van der Waals surface area contributed by atoms with Gasteiger partial charge in [0, 0.05) is 6.54 Å². The molecule has 0 spiro atoms. The van der Waals surface area contributed by atoms with Gasteiger partial charge in [-0.2, -0.15) is 0 Å². The number of ether oxygens (including phenoxy) is 2. The van der Waals surface area contributed by atoms with Crippen molar-refractivity contribution in [2.45, 2.75) is 18.2 Å². The molecule has 0 atom stereocenters. The third kappa shape index (κ3) is 5.74. The number of carbonyl (C=O) groups is 1. The van der Waals surface area contributed by atoms with Crippen molar-refractivity contribution in [1.82, 2.24) is 20.1 Å². The van der Waals surface area contributed by atoms with Crippen molar-refractivity contribution in [2.75, 3.05) is 20.0 Å². The molecule has 7 nitrogen and oxygen atoms in total. The second-order valence-electron chi connectivity index (χ2n) is 7.11. The molecule has 170 valence electrons. The lowest BCUT2D eigenvalue weighted by molar-refractivity contribution is -0.118. The molecule has 0 radical (unpaired) electrons. The lowest BCUT2D eigenvalue weighted by atomic mass is 10.2. The van der Waals surface area contributed by atoms with Gasteiger partial charge in [0.25, 0.3) is 0 Å². The van der Waals surface area contributed by atoms with Crippen LogP contribution < -0.4 is 14.8 Å². The van der Waals surface area contributed by atoms with Crippen molar-refractivity contribution in [3.63, 3.8) is 0 Å². The molecule has 9 heteroatoms. The molecule has 1 amide bonds. The number of thiophene rings is 1. The van der Waals surface area contributed by atoms with Crippen LogP contribution in [0.3, 0.4) is 0 Å². The summed E-state index contributed by atoms with van der Waals surface area (Å²) in [7, 11) is 3.18. The van der Waals surface area contributed by atoms with Crippen LogP contribution in [0.4, 0.5) is 0 Å². The van der Waals surface area contributed by atoms with Gasteiger partial charge in [0.1, 0.15) is 0 Å². The highest BCUT2D eigenvalue weighted by molar-refractivity contribution is 7.99. The Morgan fingerprint density at radius 3 is 2.55 bits per heavy atom. The average molecular weight is 481 g/mol. The number of rotatable bonds is 10. The zero-order chi connectivity index (χ0) is 23.0. The largest absolute Gasteiger partial charge is 0.493 e. The summed E-state index contributed by atoms with van der Waals surface area (Å²) < 4.78 is 12.6. The van der Waals surface area contributed by atoms with Gasteiger partial charge < -0.3 is 14.8 Å². The van der Waals surface area contributed by atoms with Crippen molar-refractivity contribution in [3.8, 4) is 22.2 Å². The van der Waals surface area contributed by atoms with E-state index < -0.39 is 0 Å². The summed E-state index contributed by atoms with van der Waals surface area (Å²) in [6, 6.07) is 19.8. The predicted octanol–water partition coefficient (Wildman–Crippen LogP) is 4.48. The highest BCUT2D eigenvalue weighted by Crippen LogP contribution is 2.29. The summed E-state index contributed by atoms with van der Waals surface area (Å²) in [4.78, 5) is 13.6. The maximum absolute atomic E-state index is 12.5. The fourth-order valence-electron chi connectivity index (χ4n) is 3.26. The van der Waals surface area contributed by atoms with Gasteiger partial charge in [0.2, 0.25) is 5.91 Å². The highest BCUT2D eigenvalue weighted by atomic mass is 32.2. The number of thioether (sulfide) groups is 1. The highest BCUT2D eigenvalue weighted by Gasteiger charge is 2.17. The average Bonchev–Trinajstić information content (AvgIpc) is 3.52. The third-order valence-corrected chi connectivity index (χ3v) is 6.74. The first kappa shape index (κ1) is 22.9. The first-order valence-electron chi connectivity index (χ1n) is 10.3. The van der Waals surface area contributed by atoms with E-state index >= 15 is 0 Å². The number of aromatic nitrogens is 3. The van der Waals surface area contributed by atoms with Crippen LogP contribution in [0, 0.1) is 0 Å². The zero-order valence-corrected chi connectivity index (χ0v) is 20.0. The number of amides is 1. The molecule has 0 saturated heterocycles. The SMILES string of the molecule is COc1ccc(CNC(=O)CSc2nnc(-c3cccs3)n2Cc2ccccc2)cc1OC. The topological polar surface area (TPSA) is 78.3 Å². The van der Waals surface area contributed by atoms with Crippen LogP contribution in [-0.4, -0.2) is 40.6 Å². The maximum atomic E-state index is 12.5. The molecule has 0 bridgehead atoms. The van der Waals surface area contributed by atoms with E-state index in [9.17, 15) is 4.79 Å². The van der Waals surface area contributed by atoms with Crippen LogP contribution in [-0.2, 0) is 17.9 Å². The van der Waals surface area contributed by atoms with Crippen molar-refractivity contribution in [3.05, 3.63) is 77.2 Å². The van der Waals surface area contributed by atoms with E-state index in [2.05, 4.69) is 32.2 Å². The minimum absolute atomic E-state index is 0.0817. The van der Waals surface area contributed by atoms with Gasteiger partial charge >= 0.3 is 0 Å². The zero-order valence-electron chi connectivity index (χ0n) is 18.4. The summed E-state index contributed by atoms with van der Waals surface area (Å²) >= 11 is 3.00. The first-order chi connectivity index (χ1) is 16.2. The second-order valence-corrected chi connectivity index (χ2v) is 9.00. The first-order valence-corrected chi connectivity index (χ1v) is 12.2. The normalized spacial score (nSPS) is 10.7. The quantitative estimate of drug-likeness (QED) is 0.337. The van der Waals surface area contributed by atoms with Gasteiger partial charge in [0.15, 0.2) is 22.5 Å². The van der Waals surface area contributed by atoms with Crippen LogP contribution in [0.5, 0.6) is 11.5 Å². The van der Waals surface area contributed by atoms with Gasteiger partial charge in [-0.05, 0) is 34.7 Å². The van der Waals surface area contributed by atoms with E-state index in [0.717, 1.165) is 21.8 Å². The standard InChI is InChI=1S/C24H24N4O3S2/c1-30-19-11-10-18(13-20(19)31-2)14-25-22(29)16-33-24-27-26-23(21-9-6-12-32-21)28(24)15-17-7-4-3-5-8-17/h3-13H,14-16H2,1-2H3,(H,25,29). The molecule has 0 fully saturated rings. The number of nitrogens with one attached hydrogen (secondary N) is 1. The molecule has 4 rings (SSSR count). The van der Waals surface area contributed by atoms with Gasteiger partial charge in [0.05, 0.1) is 31.4 Å². The molecule has 0 aliphatic rings. The Bertz CT molecular complexity index is 1190. The van der Waals surface area contributed by atoms with Crippen LogP contribution in [0.25, 0.3) is 10.7 Å². The van der Waals surface area contributed by atoms with E-state index in [4.69, 9.17) is 9.47 Å². The smallest absolute Gasteiger partial charge is 0.230 e. The molecule has 33 heavy (non-hydrogen) atoms. The fourth-order valence-corrected chi connectivity index (χ4v) is 4.75. The van der Waals surface area contributed by atoms with E-state index in [-0.39, 0.29) is 11.7 Å². The van der Waals surface area contributed by atoms with Crippen molar-refractivity contribution in [2.24, 2.45) is 0 Å². The predicted molar refractivity (Wildman–Crippen MR) is 131 cm³/mol. The number of carbonyl (C=O) groups excluding carboxylic acids is 1. The number of benzene rings is 2. The van der Waals surface area contributed by atoms with Gasteiger partial charge in [-0.3, -0.25) is 9.36 Å². The molecule has 4 aromatic rings. The lowest BCUT2D eigenvalue weighted by Crippen LogP contribution is -2.24. The Hall–Kier alpha value is -3.30. The minimum atomic E-state index is -0.0817. The Balaban J connectivity index is 1.42. The molecule has 0 saturated carbocycles. The minimum Gasteiger partial charge on any atom is -0.493 e. The Labute approximate surface area is 200 Å². The molecule has 0 aliphatic heterocycles. The fraction of sp³-hybridized carbons (Fsp3) is 0.208. The van der Waals surface area contributed by atoms with E-state index in [0.29, 0.717) is 29.7 Å². The summed E-state index contributed by atoms with van der Waals surface area (Å²) in [5.41, 5.74) is 2.08. The lowest BCUT2D eigenvalue weighted by Gasteiger charge is -2.11. The van der Waals surface area contributed by atoms with Crippen molar-refractivity contribution < 1.29 is 14.3 Å². The summed E-state index contributed by atoms with van der Waals surface area (Å²) in [5.74, 6) is 2.25. The third-order valence-electron chi connectivity index (χ3n) is 4.91. The van der Waals surface area contributed by atoms with Crippen LogP contribution in [0.2, 0.25) is 0 Å². The van der Waals surface area contributed by atoms with Crippen LogP contribution in [0.15, 0.2) is 71.2 Å². The number of methoxy groups -OCH3 is 2. The molecule has 2 heterocycles. The summed E-state index contributed by atoms with van der Waals surface area (Å²) in [5, 5.41) is 14.5. The molecule has 0 unspecified atom stereocenters. The molecular weight excluding hydrogens is 456 g/mol. The summed E-state index contributed by atoms with van der Waals surface area (Å²) in [6.45, 7) is 1.04. The number of hydrogen-bond acceptors (Lipinski definition) is 7. The van der Waals surface area contributed by atoms with Gasteiger partial charge in [-0.15, -0.1) is 21.5 Å². The molecule has 0 aliphatic carbocycles. The van der Waals surface area contributed by atoms with Crippen molar-refractivity contribution in [1.29, 1.82) is 0 Å². The monoisotopic (exact) mass is 480 g/mol. The van der Waals surface area contributed by atoms with E-state index in [1.807, 2.05) is 53.9 Å². The Morgan fingerprint density at radius 2 is 1.82 bits per heavy atom. The number of nitrogens with zero attached hydrogens (tertiary/aromatic N) is 3. The molecule has 2 aromatic heterocycles. The van der Waals surface area contributed by atoms with Crippen molar-refractivity contribution >= 4 is 29.0 Å². The van der Waals surface area contributed by atoms with Gasteiger partial charge in [-0.1, -0.05) is 54.2 Å². The van der Waals surface area contributed by atoms with Crippen LogP contribution >= 0.6 is 23.1 Å². The summed E-state index contributed by atoms with van der Waals surface area (Å²) in [6.07, 6.45) is 0. The molecule has 1 N–H and O–H groups in total. The maximum Gasteiger partial charge on any atom is 0.230 e. The Kier molecular flexibility index (Phi) is 7.64. The van der Waals surface area contributed by atoms with E-state index in [1.54, 1.807) is 25.6 Å². The number of hydrogen-bond donors (Lipinski definition) is 1. The molecular formula is C24H24N4O3S2. The van der Waals surface area contributed by atoms with Crippen LogP contribution in [0.1, 0.15) is 11.1 Å². The molecule has 2 aromatic carbocycles.